The zero-order valence-electron chi connectivity index (χ0n) is 13.6. The largest absolute Gasteiger partial charge is 0.476 e. The lowest BCUT2D eigenvalue weighted by atomic mass is 9.89. The Balaban J connectivity index is 1.74. The van der Waals surface area contributed by atoms with Crippen molar-refractivity contribution in [3.8, 4) is 0 Å². The molecule has 1 fully saturated rings. The summed E-state index contributed by atoms with van der Waals surface area (Å²) in [5, 5.41) is 8.95. The quantitative estimate of drug-likeness (QED) is 0.917. The lowest BCUT2D eigenvalue weighted by molar-refractivity contribution is 0.0690. The average molecular weight is 314 g/mol. The number of aromatic carboxylic acids is 1. The summed E-state index contributed by atoms with van der Waals surface area (Å²) in [5.74, 6) is -0.580. The van der Waals surface area contributed by atoms with Gasteiger partial charge < -0.3 is 9.52 Å². The van der Waals surface area contributed by atoms with Gasteiger partial charge in [0, 0.05) is 5.54 Å². The van der Waals surface area contributed by atoms with Gasteiger partial charge in [-0.1, -0.05) is 29.8 Å². The number of aryl methyl sites for hydroxylation is 1. The minimum absolute atomic E-state index is 0.0282. The van der Waals surface area contributed by atoms with Crippen LogP contribution in [0.5, 0.6) is 0 Å². The number of aromatic nitrogens is 1. The van der Waals surface area contributed by atoms with E-state index >= 15 is 0 Å². The Labute approximate surface area is 135 Å². The smallest absolute Gasteiger partial charge is 0.357 e. The van der Waals surface area contributed by atoms with Gasteiger partial charge in [-0.15, -0.1) is 0 Å². The van der Waals surface area contributed by atoms with E-state index in [0.717, 1.165) is 25.8 Å². The van der Waals surface area contributed by atoms with Crippen LogP contribution in [0.25, 0.3) is 0 Å². The molecule has 2 aromatic rings. The fraction of sp³-hybridized carbons (Fsp3) is 0.444. The Kier molecular flexibility index (Phi) is 4.22. The first kappa shape index (κ1) is 15.7. The summed E-state index contributed by atoms with van der Waals surface area (Å²) in [4.78, 5) is 17.3. The van der Waals surface area contributed by atoms with Gasteiger partial charge >= 0.3 is 5.97 Å². The van der Waals surface area contributed by atoms with E-state index in [1.54, 1.807) is 0 Å². The molecule has 1 aromatic carbocycles. The summed E-state index contributed by atoms with van der Waals surface area (Å²) in [6.07, 6.45) is 4.44. The third-order valence-corrected chi connectivity index (χ3v) is 4.67. The molecule has 5 nitrogen and oxygen atoms in total. The maximum Gasteiger partial charge on any atom is 0.357 e. The fourth-order valence-corrected chi connectivity index (χ4v) is 3.46. The molecule has 1 aliphatic heterocycles. The van der Waals surface area contributed by atoms with E-state index in [9.17, 15) is 4.79 Å². The topological polar surface area (TPSA) is 66.6 Å². The van der Waals surface area contributed by atoms with Gasteiger partial charge in [-0.2, -0.15) is 0 Å². The normalized spacial score (nSPS) is 21.7. The number of likely N-dealkylation sites (tertiary alicyclic amines) is 1. The molecule has 122 valence electrons. The van der Waals surface area contributed by atoms with E-state index in [4.69, 9.17) is 9.52 Å². The molecule has 0 amide bonds. The molecule has 1 aliphatic rings. The van der Waals surface area contributed by atoms with Crippen molar-refractivity contribution < 1.29 is 14.3 Å². The van der Waals surface area contributed by atoms with E-state index in [1.807, 2.05) is 0 Å². The maximum absolute atomic E-state index is 10.9. The second-order valence-corrected chi connectivity index (χ2v) is 6.62. The Morgan fingerprint density at radius 1 is 1.48 bits per heavy atom. The fourth-order valence-electron chi connectivity index (χ4n) is 3.46. The van der Waals surface area contributed by atoms with Crippen molar-refractivity contribution in [2.24, 2.45) is 0 Å². The Morgan fingerprint density at radius 3 is 3.00 bits per heavy atom. The molecule has 0 saturated carbocycles. The molecule has 0 radical (unpaired) electrons. The van der Waals surface area contributed by atoms with Crippen molar-refractivity contribution >= 4 is 5.97 Å². The van der Waals surface area contributed by atoms with Crippen LogP contribution in [-0.4, -0.2) is 33.0 Å². The molecule has 5 heteroatoms. The van der Waals surface area contributed by atoms with Gasteiger partial charge in [-0.05, 0) is 45.2 Å². The molecular formula is C18H22N2O3. The molecule has 1 unspecified atom stereocenters. The van der Waals surface area contributed by atoms with Crippen LogP contribution in [0.4, 0.5) is 0 Å². The zero-order chi connectivity index (χ0) is 16.4. The third kappa shape index (κ3) is 3.45. The number of nitrogens with zero attached hydrogens (tertiary/aromatic N) is 2. The van der Waals surface area contributed by atoms with Gasteiger partial charge in [-0.25, -0.2) is 9.78 Å². The molecular weight excluding hydrogens is 292 g/mol. The molecule has 2 heterocycles. The van der Waals surface area contributed by atoms with E-state index < -0.39 is 5.97 Å². The van der Waals surface area contributed by atoms with Crippen LogP contribution in [0, 0.1) is 6.92 Å². The molecule has 0 bridgehead atoms. The predicted molar refractivity (Wildman–Crippen MR) is 86.4 cm³/mol. The van der Waals surface area contributed by atoms with Crippen LogP contribution < -0.4 is 0 Å². The van der Waals surface area contributed by atoms with Crippen molar-refractivity contribution in [2.75, 3.05) is 6.54 Å². The van der Waals surface area contributed by atoms with E-state index in [0.29, 0.717) is 12.4 Å². The highest BCUT2D eigenvalue weighted by Gasteiger charge is 2.37. The maximum atomic E-state index is 10.9. The number of hydrogen-bond acceptors (Lipinski definition) is 4. The molecule has 0 aliphatic carbocycles. The van der Waals surface area contributed by atoms with E-state index in [-0.39, 0.29) is 11.2 Å². The first-order valence-corrected chi connectivity index (χ1v) is 7.95. The SMILES string of the molecule is Cc1cccc(CC2(C)CCCN2Cc2nc(C(=O)O)co2)c1. The highest BCUT2D eigenvalue weighted by atomic mass is 16.4. The Bertz CT molecular complexity index is 710. The molecule has 0 spiro atoms. The number of carbonyl (C=O) groups is 1. The lowest BCUT2D eigenvalue weighted by Gasteiger charge is -2.34. The number of oxazole rings is 1. The van der Waals surface area contributed by atoms with Crippen LogP contribution >= 0.6 is 0 Å². The predicted octanol–water partition coefficient (Wildman–Crippen LogP) is 3.28. The van der Waals surface area contributed by atoms with Crippen molar-refractivity contribution in [3.05, 3.63) is 53.2 Å². The number of benzene rings is 1. The second-order valence-electron chi connectivity index (χ2n) is 6.62. The van der Waals surface area contributed by atoms with Gasteiger partial charge in [0.1, 0.15) is 6.26 Å². The van der Waals surface area contributed by atoms with Crippen molar-refractivity contribution in [1.29, 1.82) is 0 Å². The number of rotatable bonds is 5. The van der Waals surface area contributed by atoms with Gasteiger partial charge in [0.2, 0.25) is 5.89 Å². The summed E-state index contributed by atoms with van der Waals surface area (Å²) in [6.45, 7) is 5.91. The summed E-state index contributed by atoms with van der Waals surface area (Å²) in [6, 6.07) is 8.61. The second kappa shape index (κ2) is 6.16. The van der Waals surface area contributed by atoms with Gasteiger partial charge in [0.05, 0.1) is 6.54 Å². The lowest BCUT2D eigenvalue weighted by Crippen LogP contribution is -2.42. The minimum Gasteiger partial charge on any atom is -0.476 e. The standard InChI is InChI=1S/C18H22N2O3/c1-13-5-3-6-14(9-13)10-18(2)7-4-8-20(18)11-16-19-15(12-23-16)17(21)22/h3,5-6,9,12H,4,7-8,10-11H2,1-2H3,(H,21,22). The van der Waals surface area contributed by atoms with Crippen LogP contribution in [0.1, 0.15) is 47.3 Å². The first-order valence-electron chi connectivity index (χ1n) is 7.95. The summed E-state index contributed by atoms with van der Waals surface area (Å²) < 4.78 is 5.32. The third-order valence-electron chi connectivity index (χ3n) is 4.67. The summed E-state index contributed by atoms with van der Waals surface area (Å²) in [5.41, 5.74) is 2.62. The number of hydrogen-bond donors (Lipinski definition) is 1. The molecule has 1 saturated heterocycles. The molecule has 1 aromatic heterocycles. The Morgan fingerprint density at radius 2 is 2.30 bits per heavy atom. The Hall–Kier alpha value is -2.14. The average Bonchev–Trinajstić information content (AvgIpc) is 3.07. The van der Waals surface area contributed by atoms with E-state index in [2.05, 4.69) is 48.0 Å². The summed E-state index contributed by atoms with van der Waals surface area (Å²) in [7, 11) is 0. The molecule has 3 rings (SSSR count). The van der Waals surface area contributed by atoms with Crippen LogP contribution in [0.3, 0.4) is 0 Å². The highest BCUT2D eigenvalue weighted by Crippen LogP contribution is 2.33. The minimum atomic E-state index is -1.05. The van der Waals surface area contributed by atoms with E-state index in [1.165, 1.54) is 17.4 Å². The first-order chi connectivity index (χ1) is 11.0. The van der Waals surface area contributed by atoms with Gasteiger partial charge in [0.25, 0.3) is 0 Å². The van der Waals surface area contributed by atoms with Crippen molar-refractivity contribution in [1.82, 2.24) is 9.88 Å². The molecule has 1 N–H and O–H groups in total. The highest BCUT2D eigenvalue weighted by molar-refractivity contribution is 5.84. The summed E-state index contributed by atoms with van der Waals surface area (Å²) >= 11 is 0. The van der Waals surface area contributed by atoms with Crippen LogP contribution in [0.15, 0.2) is 34.9 Å². The number of carboxylic acids is 1. The molecule has 1 atom stereocenters. The van der Waals surface area contributed by atoms with Crippen molar-refractivity contribution in [3.63, 3.8) is 0 Å². The van der Waals surface area contributed by atoms with Crippen LogP contribution in [-0.2, 0) is 13.0 Å². The number of carboxylic acid groups (broad SMARTS) is 1. The monoisotopic (exact) mass is 314 g/mol. The van der Waals surface area contributed by atoms with Crippen LogP contribution in [0.2, 0.25) is 0 Å². The molecule has 23 heavy (non-hydrogen) atoms. The van der Waals surface area contributed by atoms with Crippen molar-refractivity contribution in [2.45, 2.75) is 45.2 Å². The van der Waals surface area contributed by atoms with Gasteiger partial charge in [0.15, 0.2) is 5.69 Å². The van der Waals surface area contributed by atoms with Gasteiger partial charge in [-0.3, -0.25) is 4.90 Å². The zero-order valence-corrected chi connectivity index (χ0v) is 13.6.